The van der Waals surface area contributed by atoms with Gasteiger partial charge in [-0.25, -0.2) is 4.98 Å². The van der Waals surface area contributed by atoms with Gasteiger partial charge < -0.3 is 14.8 Å². The molecule has 1 aliphatic heterocycles. The minimum atomic E-state index is -0.850. The molecule has 1 aromatic heterocycles. The van der Waals surface area contributed by atoms with Gasteiger partial charge in [0.05, 0.1) is 28.8 Å². The molecule has 1 saturated heterocycles. The molecule has 0 bridgehead atoms. The van der Waals surface area contributed by atoms with E-state index in [1.165, 1.54) is 4.90 Å². The van der Waals surface area contributed by atoms with Gasteiger partial charge in [0.1, 0.15) is 11.5 Å². The van der Waals surface area contributed by atoms with Gasteiger partial charge in [0.2, 0.25) is 5.95 Å². The van der Waals surface area contributed by atoms with Crippen LogP contribution < -0.4 is 9.64 Å². The number of rotatable bonds is 5. The normalized spacial score (nSPS) is 17.4. The zero-order valence-electron chi connectivity index (χ0n) is 20.6. The zero-order valence-corrected chi connectivity index (χ0v) is 20.6. The minimum Gasteiger partial charge on any atom is -0.507 e. The number of Topliss-reactive ketones (excluding diaryl/α,β-unsaturated/α-hetero) is 1. The van der Waals surface area contributed by atoms with Crippen LogP contribution in [0.25, 0.3) is 16.8 Å². The lowest BCUT2D eigenvalue weighted by Gasteiger charge is -2.23. The number of para-hydroxylation sites is 2. The number of aliphatic hydroxyl groups excluding tert-OH is 1. The van der Waals surface area contributed by atoms with Gasteiger partial charge in [0.15, 0.2) is 0 Å². The third-order valence-electron chi connectivity index (χ3n) is 6.22. The van der Waals surface area contributed by atoms with E-state index in [1.807, 2.05) is 76.2 Å². The highest BCUT2D eigenvalue weighted by Crippen LogP contribution is 2.42. The molecule has 0 radical (unpaired) electrons. The first-order valence-corrected chi connectivity index (χ1v) is 11.8. The molecule has 1 atom stereocenters. The summed E-state index contributed by atoms with van der Waals surface area (Å²) in [4.78, 5) is 35.9. The number of aromatic amines is 1. The van der Waals surface area contributed by atoms with E-state index in [0.29, 0.717) is 22.4 Å². The maximum atomic E-state index is 13.4. The fourth-order valence-electron chi connectivity index (χ4n) is 4.60. The Kier molecular flexibility index (Phi) is 5.84. The van der Waals surface area contributed by atoms with Crippen LogP contribution in [0.2, 0.25) is 0 Å². The molecule has 36 heavy (non-hydrogen) atoms. The van der Waals surface area contributed by atoms with Crippen LogP contribution in [0, 0.1) is 13.8 Å². The van der Waals surface area contributed by atoms with Crippen LogP contribution in [-0.2, 0) is 9.59 Å². The van der Waals surface area contributed by atoms with Crippen molar-refractivity contribution < 1.29 is 19.4 Å². The number of aliphatic hydroxyl groups is 1. The second-order valence-corrected chi connectivity index (χ2v) is 9.31. The maximum Gasteiger partial charge on any atom is 0.302 e. The number of aryl methyl sites for hydroxylation is 2. The fourth-order valence-corrected chi connectivity index (χ4v) is 4.60. The summed E-state index contributed by atoms with van der Waals surface area (Å²) in [5, 5.41) is 11.4. The topological polar surface area (TPSA) is 95.5 Å². The molecule has 7 nitrogen and oxygen atoms in total. The molecule has 4 aromatic rings. The predicted octanol–water partition coefficient (Wildman–Crippen LogP) is 5.59. The van der Waals surface area contributed by atoms with Crippen molar-refractivity contribution in [1.82, 2.24) is 9.97 Å². The van der Waals surface area contributed by atoms with Crippen LogP contribution in [0.1, 0.15) is 42.1 Å². The number of carbonyl (C=O) groups is 2. The number of H-pyrrole nitrogens is 1. The van der Waals surface area contributed by atoms with Crippen LogP contribution in [0.15, 0.2) is 72.3 Å². The predicted molar refractivity (Wildman–Crippen MR) is 139 cm³/mol. The van der Waals surface area contributed by atoms with Gasteiger partial charge in [0.25, 0.3) is 5.78 Å². The van der Waals surface area contributed by atoms with Gasteiger partial charge in [-0.3, -0.25) is 14.5 Å². The molecule has 1 unspecified atom stereocenters. The first-order valence-electron chi connectivity index (χ1n) is 11.8. The van der Waals surface area contributed by atoms with Crippen molar-refractivity contribution >= 4 is 34.4 Å². The van der Waals surface area contributed by atoms with E-state index in [9.17, 15) is 14.7 Å². The van der Waals surface area contributed by atoms with Crippen molar-refractivity contribution in [2.45, 2.75) is 39.8 Å². The molecule has 2 heterocycles. The number of carbonyl (C=O) groups excluding carboxylic acids is 2. The van der Waals surface area contributed by atoms with Gasteiger partial charge in [-0.05, 0) is 69.2 Å². The van der Waals surface area contributed by atoms with Crippen LogP contribution in [0.4, 0.5) is 5.95 Å². The number of ether oxygens (including phenoxy) is 1. The number of anilines is 1. The molecule has 0 spiro atoms. The Labute approximate surface area is 209 Å². The molecule has 2 N–H and O–H groups in total. The molecule has 7 heteroatoms. The molecule has 0 saturated carbocycles. The van der Waals surface area contributed by atoms with Gasteiger partial charge in [0, 0.05) is 5.56 Å². The Balaban J connectivity index is 1.69. The number of benzene rings is 3. The van der Waals surface area contributed by atoms with Crippen molar-refractivity contribution in [2.24, 2.45) is 0 Å². The number of nitrogens with one attached hydrogen (secondary N) is 1. The Morgan fingerprint density at radius 3 is 2.50 bits per heavy atom. The van der Waals surface area contributed by atoms with Gasteiger partial charge in [-0.2, -0.15) is 0 Å². The van der Waals surface area contributed by atoms with E-state index < -0.39 is 17.7 Å². The smallest absolute Gasteiger partial charge is 0.302 e. The average molecular weight is 482 g/mol. The number of hydrogen-bond acceptors (Lipinski definition) is 5. The fraction of sp³-hybridized carbons (Fsp3) is 0.207. The number of imidazole rings is 1. The summed E-state index contributed by atoms with van der Waals surface area (Å²) in [5.41, 5.74) is 4.35. The Bertz CT molecular complexity index is 1500. The number of aromatic nitrogens is 2. The van der Waals surface area contributed by atoms with E-state index in [0.717, 1.165) is 16.6 Å². The van der Waals surface area contributed by atoms with Crippen molar-refractivity contribution in [3.63, 3.8) is 0 Å². The first-order chi connectivity index (χ1) is 17.2. The molecule has 182 valence electrons. The lowest BCUT2D eigenvalue weighted by molar-refractivity contribution is -0.132. The summed E-state index contributed by atoms with van der Waals surface area (Å²) in [5.74, 6) is -0.809. The summed E-state index contributed by atoms with van der Waals surface area (Å²) in [6.07, 6.45) is -0.00130. The first kappa shape index (κ1) is 23.4. The monoisotopic (exact) mass is 481 g/mol. The standard InChI is InChI=1S/C29H27N3O4/c1-16(2)36-23-13-12-20(15-18(23)4)26(33)24-25(19-9-7-8-17(3)14-19)32(28(35)27(24)34)29-30-21-10-5-6-11-22(21)31-29/h5-16,25,33H,1-4H3,(H,30,31)/b26-24+. The summed E-state index contributed by atoms with van der Waals surface area (Å²) in [6.45, 7) is 7.69. The lowest BCUT2D eigenvalue weighted by Crippen LogP contribution is -2.30. The van der Waals surface area contributed by atoms with Gasteiger partial charge in [-0.1, -0.05) is 42.0 Å². The Hall–Kier alpha value is -4.39. The van der Waals surface area contributed by atoms with E-state index in [1.54, 1.807) is 18.2 Å². The maximum absolute atomic E-state index is 13.4. The molecular formula is C29H27N3O4. The van der Waals surface area contributed by atoms with E-state index >= 15 is 0 Å². The highest BCUT2D eigenvalue weighted by atomic mass is 16.5. The van der Waals surface area contributed by atoms with Crippen LogP contribution in [0.3, 0.4) is 0 Å². The van der Waals surface area contributed by atoms with Crippen LogP contribution in [-0.4, -0.2) is 32.9 Å². The second-order valence-electron chi connectivity index (χ2n) is 9.31. The highest BCUT2D eigenvalue weighted by molar-refractivity contribution is 6.51. The number of ketones is 1. The lowest BCUT2D eigenvalue weighted by atomic mass is 9.94. The van der Waals surface area contributed by atoms with Crippen LogP contribution >= 0.6 is 0 Å². The molecule has 1 fully saturated rings. The quantitative estimate of drug-likeness (QED) is 0.220. The molecule has 1 amide bonds. The van der Waals surface area contributed by atoms with E-state index in [-0.39, 0.29) is 23.4 Å². The van der Waals surface area contributed by atoms with Crippen molar-refractivity contribution in [2.75, 3.05) is 4.90 Å². The SMILES string of the molecule is Cc1cccc(C2/C(=C(\O)c3ccc(OC(C)C)c(C)c3)C(=O)C(=O)N2c2nc3ccccc3[nH]2)c1. The zero-order chi connectivity index (χ0) is 25.6. The van der Waals surface area contributed by atoms with E-state index in [2.05, 4.69) is 9.97 Å². The Morgan fingerprint density at radius 2 is 1.81 bits per heavy atom. The summed E-state index contributed by atoms with van der Waals surface area (Å²) >= 11 is 0. The number of nitrogens with zero attached hydrogens (tertiary/aromatic N) is 2. The van der Waals surface area contributed by atoms with Crippen molar-refractivity contribution in [3.8, 4) is 5.75 Å². The number of amides is 1. The van der Waals surface area contributed by atoms with E-state index in [4.69, 9.17) is 4.74 Å². The molecule has 0 aliphatic carbocycles. The van der Waals surface area contributed by atoms with Gasteiger partial charge >= 0.3 is 5.91 Å². The number of fused-ring (bicyclic) bond motifs is 1. The third kappa shape index (κ3) is 4.02. The molecular weight excluding hydrogens is 454 g/mol. The minimum absolute atomic E-state index is 0.00130. The van der Waals surface area contributed by atoms with Crippen molar-refractivity contribution in [3.05, 3.63) is 94.6 Å². The van der Waals surface area contributed by atoms with Gasteiger partial charge in [-0.15, -0.1) is 0 Å². The molecule has 3 aromatic carbocycles. The van der Waals surface area contributed by atoms with Crippen molar-refractivity contribution in [1.29, 1.82) is 0 Å². The average Bonchev–Trinajstić information content (AvgIpc) is 3.38. The Morgan fingerprint density at radius 1 is 1.03 bits per heavy atom. The summed E-state index contributed by atoms with van der Waals surface area (Å²) in [6, 6.07) is 19.3. The molecule has 5 rings (SSSR count). The third-order valence-corrected chi connectivity index (χ3v) is 6.22. The second kappa shape index (κ2) is 9.00. The summed E-state index contributed by atoms with van der Waals surface area (Å²) in [7, 11) is 0. The summed E-state index contributed by atoms with van der Waals surface area (Å²) < 4.78 is 5.81. The largest absolute Gasteiger partial charge is 0.507 e. The number of hydrogen-bond donors (Lipinski definition) is 2. The highest BCUT2D eigenvalue weighted by Gasteiger charge is 2.48. The van der Waals surface area contributed by atoms with Crippen LogP contribution in [0.5, 0.6) is 5.75 Å². The molecule has 1 aliphatic rings.